The van der Waals surface area contributed by atoms with Crippen LogP contribution in [0.15, 0.2) is 18.2 Å². The summed E-state index contributed by atoms with van der Waals surface area (Å²) < 4.78 is 11.9. The van der Waals surface area contributed by atoms with E-state index in [4.69, 9.17) is 9.47 Å². The van der Waals surface area contributed by atoms with E-state index in [0.29, 0.717) is 0 Å². The zero-order valence-corrected chi connectivity index (χ0v) is 14.6. The zero-order chi connectivity index (χ0) is 16.5. The molecule has 1 aliphatic rings. The first-order valence-corrected chi connectivity index (χ1v) is 8.21. The summed E-state index contributed by atoms with van der Waals surface area (Å²) in [6.45, 7) is 14.1. The van der Waals surface area contributed by atoms with E-state index in [2.05, 4.69) is 18.7 Å². The number of fused-ring (bicyclic) bond motifs is 1. The van der Waals surface area contributed by atoms with Crippen molar-refractivity contribution in [2.45, 2.75) is 65.4 Å². The van der Waals surface area contributed by atoms with Gasteiger partial charge in [-0.2, -0.15) is 0 Å². The lowest BCUT2D eigenvalue weighted by Crippen LogP contribution is -2.57. The summed E-state index contributed by atoms with van der Waals surface area (Å²) in [6.07, 6.45) is -0.482. The smallest absolute Gasteiger partial charge is 0.126 e. The van der Waals surface area contributed by atoms with Gasteiger partial charge in [0.1, 0.15) is 23.2 Å². The molecule has 2 unspecified atom stereocenters. The Balaban J connectivity index is 2.40. The van der Waals surface area contributed by atoms with Crippen LogP contribution in [-0.2, 0) is 0 Å². The lowest BCUT2D eigenvalue weighted by Gasteiger charge is -2.47. The minimum absolute atomic E-state index is 0.0794. The summed E-state index contributed by atoms with van der Waals surface area (Å²) >= 11 is 0. The maximum atomic E-state index is 11.0. The van der Waals surface area contributed by atoms with Gasteiger partial charge in [0, 0.05) is 5.56 Å². The predicted molar refractivity (Wildman–Crippen MR) is 88.6 cm³/mol. The van der Waals surface area contributed by atoms with E-state index in [1.807, 2.05) is 45.9 Å². The van der Waals surface area contributed by atoms with E-state index in [1.54, 1.807) is 0 Å². The highest BCUT2D eigenvalue weighted by Gasteiger charge is 2.45. The van der Waals surface area contributed by atoms with Gasteiger partial charge in [0.05, 0.1) is 12.1 Å². The Morgan fingerprint density at radius 2 is 1.91 bits per heavy atom. The summed E-state index contributed by atoms with van der Waals surface area (Å²) in [5.74, 6) is 1.52. The normalized spacial score (nSPS) is 23.3. The van der Waals surface area contributed by atoms with Crippen LogP contribution in [0.1, 0.15) is 53.2 Å². The standard InChI is InChI=1S/C18H29NO3/c1-7-19(8-2)17-16(20)14-11-13(21-12(3)4)9-10-15(14)22-18(17,5)6/h9-12,16-17,20H,7-8H2,1-6H3. The number of nitrogens with zero attached hydrogens (tertiary/aromatic N) is 1. The zero-order valence-electron chi connectivity index (χ0n) is 14.6. The first-order valence-electron chi connectivity index (χ1n) is 8.21. The van der Waals surface area contributed by atoms with Gasteiger partial charge < -0.3 is 14.6 Å². The van der Waals surface area contributed by atoms with Crippen LogP contribution < -0.4 is 9.47 Å². The highest BCUT2D eigenvalue weighted by Crippen LogP contribution is 2.43. The quantitative estimate of drug-likeness (QED) is 0.905. The van der Waals surface area contributed by atoms with Crippen LogP contribution in [0.2, 0.25) is 0 Å². The molecule has 1 aromatic carbocycles. The molecule has 1 aromatic rings. The molecule has 4 heteroatoms. The second-order valence-electron chi connectivity index (χ2n) is 6.68. The Bertz CT molecular complexity index is 509. The van der Waals surface area contributed by atoms with E-state index in [9.17, 15) is 5.11 Å². The summed E-state index contributed by atoms with van der Waals surface area (Å²) in [6, 6.07) is 5.63. The monoisotopic (exact) mass is 307 g/mol. The second-order valence-corrected chi connectivity index (χ2v) is 6.68. The van der Waals surface area contributed by atoms with Crippen molar-refractivity contribution in [3.63, 3.8) is 0 Å². The number of likely N-dealkylation sites (N-methyl/N-ethyl adjacent to an activating group) is 1. The fourth-order valence-electron chi connectivity index (χ4n) is 3.35. The number of rotatable bonds is 5. The van der Waals surface area contributed by atoms with Gasteiger partial charge in [0.15, 0.2) is 0 Å². The highest BCUT2D eigenvalue weighted by atomic mass is 16.5. The van der Waals surface area contributed by atoms with Crippen molar-refractivity contribution in [2.24, 2.45) is 0 Å². The van der Waals surface area contributed by atoms with Crippen molar-refractivity contribution in [2.75, 3.05) is 13.1 Å². The number of aliphatic hydroxyl groups is 1. The fourth-order valence-corrected chi connectivity index (χ4v) is 3.35. The molecule has 22 heavy (non-hydrogen) atoms. The van der Waals surface area contributed by atoms with Crippen molar-refractivity contribution in [1.82, 2.24) is 4.90 Å². The molecule has 0 spiro atoms. The predicted octanol–water partition coefficient (Wildman–Crippen LogP) is 3.39. The van der Waals surface area contributed by atoms with Gasteiger partial charge in [-0.15, -0.1) is 0 Å². The van der Waals surface area contributed by atoms with Gasteiger partial charge in [0.2, 0.25) is 0 Å². The molecule has 0 fully saturated rings. The average molecular weight is 307 g/mol. The van der Waals surface area contributed by atoms with Crippen LogP contribution in [0.4, 0.5) is 0 Å². The molecule has 0 saturated carbocycles. The number of hydrogen-bond acceptors (Lipinski definition) is 4. The third-order valence-electron chi connectivity index (χ3n) is 4.26. The van der Waals surface area contributed by atoms with Crippen molar-refractivity contribution in [3.8, 4) is 11.5 Å². The van der Waals surface area contributed by atoms with Crippen molar-refractivity contribution in [3.05, 3.63) is 23.8 Å². The number of benzene rings is 1. The van der Waals surface area contributed by atoms with Crippen LogP contribution in [0.25, 0.3) is 0 Å². The maximum absolute atomic E-state index is 11.0. The molecule has 0 saturated heterocycles. The Labute approximate surface area is 134 Å². The van der Waals surface area contributed by atoms with E-state index < -0.39 is 11.7 Å². The third-order valence-corrected chi connectivity index (χ3v) is 4.26. The lowest BCUT2D eigenvalue weighted by atomic mass is 9.84. The van der Waals surface area contributed by atoms with Crippen LogP contribution in [0, 0.1) is 0 Å². The molecule has 0 aromatic heterocycles. The number of hydrogen-bond donors (Lipinski definition) is 1. The minimum atomic E-state index is -0.589. The second kappa shape index (κ2) is 6.47. The van der Waals surface area contributed by atoms with E-state index in [-0.39, 0.29) is 12.1 Å². The van der Waals surface area contributed by atoms with Gasteiger partial charge in [-0.3, -0.25) is 4.90 Å². The molecule has 1 aliphatic heterocycles. The molecule has 1 N–H and O–H groups in total. The van der Waals surface area contributed by atoms with Gasteiger partial charge in [-0.05, 0) is 59.0 Å². The molecule has 4 nitrogen and oxygen atoms in total. The summed E-state index contributed by atoms with van der Waals surface area (Å²) in [4.78, 5) is 2.25. The number of ether oxygens (including phenoxy) is 2. The Morgan fingerprint density at radius 1 is 1.27 bits per heavy atom. The molecule has 0 amide bonds. The molecular formula is C18H29NO3. The summed E-state index contributed by atoms with van der Waals surface area (Å²) in [5, 5.41) is 11.0. The first-order chi connectivity index (χ1) is 10.3. The average Bonchev–Trinajstić information content (AvgIpc) is 2.43. The van der Waals surface area contributed by atoms with E-state index >= 15 is 0 Å². The van der Waals surface area contributed by atoms with Crippen LogP contribution >= 0.6 is 0 Å². The molecular weight excluding hydrogens is 278 g/mol. The highest BCUT2D eigenvalue weighted by molar-refractivity contribution is 5.45. The largest absolute Gasteiger partial charge is 0.491 e. The lowest BCUT2D eigenvalue weighted by molar-refractivity contribution is -0.0800. The topological polar surface area (TPSA) is 41.9 Å². The van der Waals surface area contributed by atoms with Crippen LogP contribution in [0.5, 0.6) is 11.5 Å². The number of aliphatic hydroxyl groups excluding tert-OH is 1. The molecule has 2 atom stereocenters. The first kappa shape index (κ1) is 17.1. The molecule has 0 aliphatic carbocycles. The third kappa shape index (κ3) is 3.23. The van der Waals surface area contributed by atoms with Crippen LogP contribution in [-0.4, -0.2) is 40.8 Å². The molecule has 2 rings (SSSR count). The molecule has 1 heterocycles. The Kier molecular flexibility index (Phi) is 5.03. The van der Waals surface area contributed by atoms with Gasteiger partial charge in [0.25, 0.3) is 0 Å². The fraction of sp³-hybridized carbons (Fsp3) is 0.667. The minimum Gasteiger partial charge on any atom is -0.491 e. The van der Waals surface area contributed by atoms with Crippen molar-refractivity contribution in [1.29, 1.82) is 0 Å². The molecule has 0 bridgehead atoms. The Morgan fingerprint density at radius 3 is 2.45 bits per heavy atom. The summed E-state index contributed by atoms with van der Waals surface area (Å²) in [5.41, 5.74) is 0.369. The van der Waals surface area contributed by atoms with E-state index in [1.165, 1.54) is 0 Å². The van der Waals surface area contributed by atoms with Crippen molar-refractivity contribution >= 4 is 0 Å². The van der Waals surface area contributed by atoms with E-state index in [0.717, 1.165) is 30.2 Å². The SMILES string of the molecule is CCN(CC)C1C(O)c2cc(OC(C)C)ccc2OC1(C)C. The van der Waals surface area contributed by atoms with Crippen LogP contribution in [0.3, 0.4) is 0 Å². The maximum Gasteiger partial charge on any atom is 0.126 e. The van der Waals surface area contributed by atoms with Gasteiger partial charge >= 0.3 is 0 Å². The molecule has 124 valence electrons. The Hall–Kier alpha value is -1.26. The van der Waals surface area contributed by atoms with Gasteiger partial charge in [-0.1, -0.05) is 13.8 Å². The summed E-state index contributed by atoms with van der Waals surface area (Å²) in [7, 11) is 0. The van der Waals surface area contributed by atoms with Crippen molar-refractivity contribution < 1.29 is 14.6 Å². The molecule has 0 radical (unpaired) electrons. The van der Waals surface area contributed by atoms with Gasteiger partial charge in [-0.25, -0.2) is 0 Å².